The van der Waals surface area contributed by atoms with Crippen molar-refractivity contribution in [1.82, 2.24) is 19.1 Å². The second kappa shape index (κ2) is 12.6. The Morgan fingerprint density at radius 2 is 0.895 bits per heavy atom. The van der Waals surface area contributed by atoms with Gasteiger partial charge in [-0.1, -0.05) is 140 Å². The Kier molecular flexibility index (Phi) is 7.06. The molecule has 4 aromatic heterocycles. The molecule has 0 saturated heterocycles. The lowest BCUT2D eigenvalue weighted by Gasteiger charge is -2.13. The van der Waals surface area contributed by atoms with E-state index in [2.05, 4.69) is 179 Å². The molecule has 5 heteroatoms. The zero-order valence-corrected chi connectivity index (χ0v) is 31.5. The fourth-order valence-corrected chi connectivity index (χ4v) is 9.87. The Morgan fingerprint density at radius 1 is 0.351 bits per heavy atom. The highest BCUT2D eigenvalue weighted by Gasteiger charge is 2.20. The van der Waals surface area contributed by atoms with Crippen molar-refractivity contribution in [2.24, 2.45) is 0 Å². The van der Waals surface area contributed by atoms with Crippen LogP contribution >= 0.6 is 11.3 Å². The number of benzene rings is 8. The predicted molar refractivity (Wildman–Crippen MR) is 240 cm³/mol. The number of para-hydroxylation sites is 2. The SMILES string of the molecule is c1ccc(-c2cc(-c3ccc(-n4c5cc(-n6c7ccccc7c7ccccc76)ccc5c5ccc6sc7ccccc7c6c54)cc3)nc(-c3ccccc3)n2)cc1. The van der Waals surface area contributed by atoms with Crippen LogP contribution in [0.1, 0.15) is 0 Å². The van der Waals surface area contributed by atoms with Gasteiger partial charge in [0.15, 0.2) is 5.82 Å². The molecule has 0 aliphatic rings. The summed E-state index contributed by atoms with van der Waals surface area (Å²) >= 11 is 1.86. The molecule has 8 aromatic carbocycles. The molecule has 0 aliphatic heterocycles. The van der Waals surface area contributed by atoms with Crippen LogP contribution in [0.5, 0.6) is 0 Å². The average molecular weight is 745 g/mol. The van der Waals surface area contributed by atoms with Gasteiger partial charge in [0, 0.05) is 69.8 Å². The number of fused-ring (bicyclic) bond motifs is 10. The first-order chi connectivity index (χ1) is 28.3. The van der Waals surface area contributed by atoms with Gasteiger partial charge < -0.3 is 9.13 Å². The summed E-state index contributed by atoms with van der Waals surface area (Å²) in [5.74, 6) is 0.711. The standard InChI is InChI=1S/C52H32N4S/c1-3-13-33(14-4-1)43-32-44(54-52(53-43)35-15-5-2-6-16-35)34-23-25-36(26-24-34)56-47-31-37(55-45-20-10-7-17-38(45)39-18-8-11-21-46(39)55)27-28-40(47)41-29-30-49-50(51(41)56)42-19-9-12-22-48(42)57-49/h1-32H. The Morgan fingerprint density at radius 3 is 1.60 bits per heavy atom. The number of aromatic nitrogens is 4. The quantitative estimate of drug-likeness (QED) is 0.176. The summed E-state index contributed by atoms with van der Waals surface area (Å²) < 4.78 is 7.48. The van der Waals surface area contributed by atoms with Crippen LogP contribution in [-0.4, -0.2) is 19.1 Å². The molecule has 12 aromatic rings. The molecule has 266 valence electrons. The van der Waals surface area contributed by atoms with E-state index in [1.165, 1.54) is 63.8 Å². The highest BCUT2D eigenvalue weighted by molar-refractivity contribution is 7.26. The third-order valence-electron chi connectivity index (χ3n) is 11.3. The van der Waals surface area contributed by atoms with Gasteiger partial charge in [0.2, 0.25) is 0 Å². The van der Waals surface area contributed by atoms with Crippen molar-refractivity contribution < 1.29 is 0 Å². The maximum Gasteiger partial charge on any atom is 0.160 e. The maximum atomic E-state index is 5.13. The fourth-order valence-electron chi connectivity index (χ4n) is 8.76. The number of rotatable bonds is 5. The Hall–Kier alpha value is -7.34. The number of thiophene rings is 1. The van der Waals surface area contributed by atoms with Crippen molar-refractivity contribution in [2.45, 2.75) is 0 Å². The second-order valence-corrected chi connectivity index (χ2v) is 15.7. The van der Waals surface area contributed by atoms with Gasteiger partial charge in [-0.2, -0.15) is 0 Å². The van der Waals surface area contributed by atoms with E-state index in [0.717, 1.165) is 39.5 Å². The van der Waals surface area contributed by atoms with Crippen molar-refractivity contribution in [3.63, 3.8) is 0 Å². The molecular formula is C52H32N4S. The number of hydrogen-bond donors (Lipinski definition) is 0. The Balaban J connectivity index is 1.10. The average Bonchev–Trinajstić information content (AvgIpc) is 3.94. The zero-order valence-electron chi connectivity index (χ0n) is 30.7. The minimum absolute atomic E-state index is 0.711. The molecule has 0 amide bonds. The summed E-state index contributed by atoms with van der Waals surface area (Å²) in [7, 11) is 0. The van der Waals surface area contributed by atoms with E-state index in [1.54, 1.807) is 0 Å². The van der Waals surface area contributed by atoms with E-state index in [-0.39, 0.29) is 0 Å². The minimum atomic E-state index is 0.711. The molecule has 0 N–H and O–H groups in total. The third-order valence-corrected chi connectivity index (χ3v) is 12.5. The molecule has 0 atom stereocenters. The topological polar surface area (TPSA) is 35.6 Å². The summed E-state index contributed by atoms with van der Waals surface area (Å²) in [6.07, 6.45) is 0. The second-order valence-electron chi connectivity index (χ2n) is 14.6. The maximum absolute atomic E-state index is 5.13. The van der Waals surface area contributed by atoms with Gasteiger partial charge >= 0.3 is 0 Å². The van der Waals surface area contributed by atoms with Gasteiger partial charge in [0.05, 0.1) is 33.5 Å². The van der Waals surface area contributed by atoms with Crippen molar-refractivity contribution >= 4 is 75.1 Å². The van der Waals surface area contributed by atoms with Crippen LogP contribution in [-0.2, 0) is 0 Å². The molecule has 0 spiro atoms. The third kappa shape index (κ3) is 4.99. The van der Waals surface area contributed by atoms with Crippen LogP contribution in [0.4, 0.5) is 0 Å². The predicted octanol–water partition coefficient (Wildman–Crippen LogP) is 14.0. The molecular weight excluding hydrogens is 713 g/mol. The number of hydrogen-bond acceptors (Lipinski definition) is 3. The molecule has 0 unspecified atom stereocenters. The summed E-state index contributed by atoms with van der Waals surface area (Å²) in [6.45, 7) is 0. The van der Waals surface area contributed by atoms with Crippen molar-refractivity contribution in [1.29, 1.82) is 0 Å². The molecule has 0 aliphatic carbocycles. The zero-order chi connectivity index (χ0) is 37.5. The van der Waals surface area contributed by atoms with Gasteiger partial charge in [-0.15, -0.1) is 11.3 Å². The lowest BCUT2D eigenvalue weighted by molar-refractivity contribution is 1.16. The molecule has 0 radical (unpaired) electrons. The largest absolute Gasteiger partial charge is 0.309 e. The summed E-state index contributed by atoms with van der Waals surface area (Å²) in [5, 5.41) is 7.57. The molecule has 57 heavy (non-hydrogen) atoms. The van der Waals surface area contributed by atoms with Crippen LogP contribution in [0.25, 0.3) is 109 Å². The molecule has 0 bridgehead atoms. The van der Waals surface area contributed by atoms with E-state index >= 15 is 0 Å². The Bertz CT molecular complexity index is 3390. The van der Waals surface area contributed by atoms with E-state index in [0.29, 0.717) is 5.82 Å². The summed E-state index contributed by atoms with van der Waals surface area (Å²) in [6, 6.07) is 69.5. The molecule has 0 saturated carbocycles. The van der Waals surface area contributed by atoms with E-state index in [4.69, 9.17) is 9.97 Å². The first-order valence-corrected chi connectivity index (χ1v) is 20.1. The van der Waals surface area contributed by atoms with E-state index in [9.17, 15) is 0 Å². The van der Waals surface area contributed by atoms with Gasteiger partial charge in [-0.05, 0) is 54.6 Å². The van der Waals surface area contributed by atoms with Gasteiger partial charge in [0.25, 0.3) is 0 Å². The Labute approximate surface area is 332 Å². The van der Waals surface area contributed by atoms with Crippen molar-refractivity contribution in [3.8, 4) is 45.3 Å². The first-order valence-electron chi connectivity index (χ1n) is 19.2. The molecule has 4 heterocycles. The fraction of sp³-hybridized carbons (Fsp3) is 0. The van der Waals surface area contributed by atoms with E-state index in [1.807, 2.05) is 35.6 Å². The van der Waals surface area contributed by atoms with Gasteiger partial charge in [-0.25, -0.2) is 9.97 Å². The van der Waals surface area contributed by atoms with Gasteiger partial charge in [-0.3, -0.25) is 0 Å². The molecule has 0 fully saturated rings. The van der Waals surface area contributed by atoms with E-state index < -0.39 is 0 Å². The van der Waals surface area contributed by atoms with Crippen LogP contribution in [0, 0.1) is 0 Å². The highest BCUT2D eigenvalue weighted by atomic mass is 32.1. The highest BCUT2D eigenvalue weighted by Crippen LogP contribution is 2.44. The summed E-state index contributed by atoms with van der Waals surface area (Å²) in [5.41, 5.74) is 11.9. The first kappa shape index (κ1) is 32.0. The van der Waals surface area contributed by atoms with Crippen LogP contribution < -0.4 is 0 Å². The van der Waals surface area contributed by atoms with Crippen molar-refractivity contribution in [3.05, 3.63) is 194 Å². The van der Waals surface area contributed by atoms with Crippen LogP contribution in [0.15, 0.2) is 194 Å². The smallest absolute Gasteiger partial charge is 0.160 e. The minimum Gasteiger partial charge on any atom is -0.309 e. The number of nitrogens with zero attached hydrogens (tertiary/aromatic N) is 4. The normalized spacial score (nSPS) is 11.9. The molecule has 4 nitrogen and oxygen atoms in total. The van der Waals surface area contributed by atoms with Crippen molar-refractivity contribution in [2.75, 3.05) is 0 Å². The summed E-state index contributed by atoms with van der Waals surface area (Å²) in [4.78, 5) is 10.2. The van der Waals surface area contributed by atoms with Crippen LogP contribution in [0.3, 0.4) is 0 Å². The lowest BCUT2D eigenvalue weighted by atomic mass is 10.1. The van der Waals surface area contributed by atoms with Crippen LogP contribution in [0.2, 0.25) is 0 Å². The molecule has 12 rings (SSSR count). The van der Waals surface area contributed by atoms with Gasteiger partial charge in [0.1, 0.15) is 0 Å². The monoisotopic (exact) mass is 744 g/mol. The lowest BCUT2D eigenvalue weighted by Crippen LogP contribution is -1.98.